The molecule has 0 spiro atoms. The summed E-state index contributed by atoms with van der Waals surface area (Å²) in [4.78, 5) is 0. The molecule has 4 nitrogen and oxygen atoms in total. The van der Waals surface area contributed by atoms with Crippen LogP contribution in [-0.4, -0.2) is 16.4 Å². The molecule has 0 aliphatic carbocycles. The van der Waals surface area contributed by atoms with E-state index in [0.717, 1.165) is 44.0 Å². The Morgan fingerprint density at radius 2 is 1.95 bits per heavy atom. The van der Waals surface area contributed by atoms with E-state index in [2.05, 4.69) is 29.5 Å². The van der Waals surface area contributed by atoms with Gasteiger partial charge in [0.05, 0.1) is 12.3 Å². The topological polar surface area (TPSA) is 39.1 Å². The highest BCUT2D eigenvalue weighted by Gasteiger charge is 1.98. The van der Waals surface area contributed by atoms with E-state index in [1.54, 1.807) is 0 Å². The van der Waals surface area contributed by atoms with E-state index in [-0.39, 0.29) is 0 Å². The van der Waals surface area contributed by atoms with Crippen LogP contribution >= 0.6 is 0 Å². The van der Waals surface area contributed by atoms with Crippen LogP contribution in [0.1, 0.15) is 31.0 Å². The Labute approximate surface area is 120 Å². The molecule has 20 heavy (non-hydrogen) atoms. The highest BCUT2D eigenvalue weighted by atomic mass is 16.5. The average Bonchev–Trinajstić information content (AvgIpc) is 2.87. The quantitative estimate of drug-likeness (QED) is 0.752. The highest BCUT2D eigenvalue weighted by molar-refractivity contribution is 5.27. The van der Waals surface area contributed by atoms with E-state index in [1.807, 2.05) is 36.1 Å². The van der Waals surface area contributed by atoms with Crippen LogP contribution in [0.4, 0.5) is 0 Å². The number of nitrogens with zero attached hydrogens (tertiary/aromatic N) is 2. The van der Waals surface area contributed by atoms with Gasteiger partial charge in [-0.3, -0.25) is 4.68 Å². The predicted octanol–water partition coefficient (Wildman–Crippen LogP) is 2.89. The molecule has 0 radical (unpaired) electrons. The Kier molecular flexibility index (Phi) is 5.62. The first-order valence-corrected chi connectivity index (χ1v) is 7.19. The summed E-state index contributed by atoms with van der Waals surface area (Å²) in [6.45, 7) is 4.59. The molecular weight excluding hydrogens is 250 g/mol. The second-order valence-electron chi connectivity index (χ2n) is 4.93. The van der Waals surface area contributed by atoms with Gasteiger partial charge in [-0.1, -0.05) is 25.5 Å². The maximum absolute atomic E-state index is 5.64. The first-order valence-electron chi connectivity index (χ1n) is 7.19. The van der Waals surface area contributed by atoms with Gasteiger partial charge in [0.15, 0.2) is 0 Å². The lowest BCUT2D eigenvalue weighted by Gasteiger charge is -2.07. The average molecular weight is 273 g/mol. The standard InChI is InChI=1S/C16H23N3O/c1-3-4-11-20-16-7-5-14(6-8-16)12-17-13-15-9-10-19(2)18-15/h5-10,17H,3-4,11-13H2,1-2H3. The molecule has 0 fully saturated rings. The van der Waals surface area contributed by atoms with Crippen molar-refractivity contribution in [3.63, 3.8) is 0 Å². The number of aryl methyl sites for hydroxylation is 1. The van der Waals surface area contributed by atoms with E-state index in [4.69, 9.17) is 4.74 Å². The van der Waals surface area contributed by atoms with Gasteiger partial charge in [-0.25, -0.2) is 0 Å². The molecule has 2 rings (SSSR count). The van der Waals surface area contributed by atoms with Crippen LogP contribution < -0.4 is 10.1 Å². The Morgan fingerprint density at radius 3 is 2.60 bits per heavy atom. The fraction of sp³-hybridized carbons (Fsp3) is 0.438. The van der Waals surface area contributed by atoms with Gasteiger partial charge < -0.3 is 10.1 Å². The third kappa shape index (κ3) is 4.70. The fourth-order valence-corrected chi connectivity index (χ4v) is 1.93. The lowest BCUT2D eigenvalue weighted by Crippen LogP contribution is -2.13. The van der Waals surface area contributed by atoms with Crippen LogP contribution in [0.5, 0.6) is 5.75 Å². The van der Waals surface area contributed by atoms with Gasteiger partial charge in [0.25, 0.3) is 0 Å². The molecule has 0 aliphatic rings. The zero-order valence-electron chi connectivity index (χ0n) is 12.3. The monoisotopic (exact) mass is 273 g/mol. The molecular formula is C16H23N3O. The van der Waals surface area contributed by atoms with E-state index in [1.165, 1.54) is 5.56 Å². The Bertz CT molecular complexity index is 505. The summed E-state index contributed by atoms with van der Waals surface area (Å²) >= 11 is 0. The summed E-state index contributed by atoms with van der Waals surface area (Å²) in [5.41, 5.74) is 2.32. The lowest BCUT2D eigenvalue weighted by atomic mass is 10.2. The van der Waals surface area contributed by atoms with E-state index < -0.39 is 0 Å². The summed E-state index contributed by atoms with van der Waals surface area (Å²) in [5.74, 6) is 0.951. The van der Waals surface area contributed by atoms with Gasteiger partial charge in [-0.15, -0.1) is 0 Å². The molecule has 0 bridgehead atoms. The molecule has 1 heterocycles. The molecule has 0 unspecified atom stereocenters. The summed E-state index contributed by atoms with van der Waals surface area (Å²) < 4.78 is 7.46. The number of ether oxygens (including phenoxy) is 1. The van der Waals surface area contributed by atoms with Crippen LogP contribution in [0.25, 0.3) is 0 Å². The molecule has 0 atom stereocenters. The van der Waals surface area contributed by atoms with Crippen molar-refractivity contribution in [3.05, 3.63) is 47.8 Å². The van der Waals surface area contributed by atoms with Crippen LogP contribution in [0.2, 0.25) is 0 Å². The SMILES string of the molecule is CCCCOc1ccc(CNCc2ccn(C)n2)cc1. The summed E-state index contributed by atoms with van der Waals surface area (Å²) in [6, 6.07) is 10.3. The van der Waals surface area contributed by atoms with Crippen LogP contribution in [0, 0.1) is 0 Å². The van der Waals surface area contributed by atoms with Crippen molar-refractivity contribution in [2.45, 2.75) is 32.9 Å². The third-order valence-corrected chi connectivity index (χ3v) is 3.09. The molecule has 1 N–H and O–H groups in total. The first-order chi connectivity index (χ1) is 9.78. The Morgan fingerprint density at radius 1 is 1.15 bits per heavy atom. The molecule has 1 aromatic heterocycles. The molecule has 4 heteroatoms. The molecule has 108 valence electrons. The number of aromatic nitrogens is 2. The highest BCUT2D eigenvalue weighted by Crippen LogP contribution is 2.12. The van der Waals surface area contributed by atoms with Crippen molar-refractivity contribution in [1.29, 1.82) is 0 Å². The summed E-state index contributed by atoms with van der Waals surface area (Å²) in [6.07, 6.45) is 4.22. The predicted molar refractivity (Wildman–Crippen MR) is 80.6 cm³/mol. The molecule has 0 aliphatic heterocycles. The number of unbranched alkanes of at least 4 members (excludes halogenated alkanes) is 1. The van der Waals surface area contributed by atoms with Crippen molar-refractivity contribution in [1.82, 2.24) is 15.1 Å². The maximum atomic E-state index is 5.64. The molecule has 2 aromatic rings. The van der Waals surface area contributed by atoms with Crippen molar-refractivity contribution in [2.24, 2.45) is 7.05 Å². The summed E-state index contributed by atoms with van der Waals surface area (Å²) in [7, 11) is 1.93. The van der Waals surface area contributed by atoms with E-state index >= 15 is 0 Å². The van der Waals surface area contributed by atoms with Crippen molar-refractivity contribution in [3.8, 4) is 5.75 Å². The van der Waals surface area contributed by atoms with Crippen LogP contribution in [0.15, 0.2) is 36.5 Å². The largest absolute Gasteiger partial charge is 0.494 e. The Hall–Kier alpha value is -1.81. The van der Waals surface area contributed by atoms with E-state index in [9.17, 15) is 0 Å². The van der Waals surface area contributed by atoms with Crippen LogP contribution in [0.3, 0.4) is 0 Å². The minimum Gasteiger partial charge on any atom is -0.494 e. The number of hydrogen-bond acceptors (Lipinski definition) is 3. The fourth-order valence-electron chi connectivity index (χ4n) is 1.93. The van der Waals surface area contributed by atoms with Crippen LogP contribution in [-0.2, 0) is 20.1 Å². The number of nitrogens with one attached hydrogen (secondary N) is 1. The zero-order valence-corrected chi connectivity index (χ0v) is 12.3. The molecule has 0 amide bonds. The molecule has 0 saturated heterocycles. The molecule has 1 aromatic carbocycles. The number of hydrogen-bond donors (Lipinski definition) is 1. The maximum Gasteiger partial charge on any atom is 0.119 e. The third-order valence-electron chi connectivity index (χ3n) is 3.09. The number of rotatable bonds is 8. The normalized spacial score (nSPS) is 10.7. The minimum atomic E-state index is 0.787. The Balaban J connectivity index is 1.73. The van der Waals surface area contributed by atoms with Crippen molar-refractivity contribution < 1.29 is 4.74 Å². The van der Waals surface area contributed by atoms with Gasteiger partial charge >= 0.3 is 0 Å². The number of benzene rings is 1. The van der Waals surface area contributed by atoms with Gasteiger partial charge in [-0.2, -0.15) is 5.10 Å². The van der Waals surface area contributed by atoms with Gasteiger partial charge in [0.1, 0.15) is 5.75 Å². The second-order valence-corrected chi connectivity index (χ2v) is 4.93. The van der Waals surface area contributed by atoms with Crippen molar-refractivity contribution in [2.75, 3.05) is 6.61 Å². The zero-order chi connectivity index (χ0) is 14.2. The second kappa shape index (κ2) is 7.70. The van der Waals surface area contributed by atoms with Gasteiger partial charge in [-0.05, 0) is 30.2 Å². The minimum absolute atomic E-state index is 0.787. The first kappa shape index (κ1) is 14.6. The van der Waals surface area contributed by atoms with Crippen molar-refractivity contribution >= 4 is 0 Å². The van der Waals surface area contributed by atoms with Gasteiger partial charge in [0.2, 0.25) is 0 Å². The summed E-state index contributed by atoms with van der Waals surface area (Å²) in [5, 5.41) is 7.72. The molecule has 0 saturated carbocycles. The lowest BCUT2D eigenvalue weighted by molar-refractivity contribution is 0.309. The van der Waals surface area contributed by atoms with E-state index in [0.29, 0.717) is 0 Å². The van der Waals surface area contributed by atoms with Gasteiger partial charge in [0, 0.05) is 26.3 Å². The smallest absolute Gasteiger partial charge is 0.119 e.